The lowest BCUT2D eigenvalue weighted by Gasteiger charge is -2.06. The van der Waals surface area contributed by atoms with Gasteiger partial charge in [0.05, 0.1) is 6.54 Å². The lowest BCUT2D eigenvalue weighted by Crippen LogP contribution is -2.22. The van der Waals surface area contributed by atoms with Gasteiger partial charge in [-0.25, -0.2) is 0 Å². The number of carbonyl (C=O) groups excluding carboxylic acids is 1. The molecule has 0 bridgehead atoms. The van der Waals surface area contributed by atoms with E-state index in [4.69, 9.17) is 0 Å². The highest BCUT2D eigenvalue weighted by Crippen LogP contribution is 2.25. The maximum atomic E-state index is 12.2. The van der Waals surface area contributed by atoms with Crippen LogP contribution in [0.3, 0.4) is 0 Å². The number of carbonyl (C=O) groups is 1. The highest BCUT2D eigenvalue weighted by molar-refractivity contribution is 7.99. The highest BCUT2D eigenvalue weighted by Gasteiger charge is 2.09. The highest BCUT2D eigenvalue weighted by atomic mass is 32.2. The van der Waals surface area contributed by atoms with Crippen LogP contribution in [0.4, 0.5) is 8.78 Å². The quantitative estimate of drug-likeness (QED) is 0.834. The molecule has 0 unspecified atom stereocenters. The minimum absolute atomic E-state index is 0.202. The number of rotatable bonds is 5. The summed E-state index contributed by atoms with van der Waals surface area (Å²) >= 11 is 2.06. The Balaban J connectivity index is 1.94. The molecule has 1 aromatic heterocycles. The van der Waals surface area contributed by atoms with Crippen molar-refractivity contribution in [1.29, 1.82) is 0 Å². The second kappa shape index (κ2) is 6.85. The van der Waals surface area contributed by atoms with Crippen LogP contribution in [-0.2, 0) is 6.54 Å². The SMILES string of the molecule is Cc1ccsc1CNC(=O)c1ccc(SC(F)F)cc1. The molecule has 0 saturated carbocycles. The molecule has 0 aliphatic heterocycles. The van der Waals surface area contributed by atoms with Gasteiger partial charge in [0.1, 0.15) is 0 Å². The Kier molecular flexibility index (Phi) is 5.14. The van der Waals surface area contributed by atoms with Crippen LogP contribution in [0.15, 0.2) is 40.6 Å². The Morgan fingerprint density at radius 3 is 2.55 bits per heavy atom. The molecular weight excluding hydrogens is 300 g/mol. The smallest absolute Gasteiger partial charge is 0.288 e. The molecule has 1 aromatic carbocycles. The number of amides is 1. The normalized spacial score (nSPS) is 10.8. The molecule has 0 spiro atoms. The van der Waals surface area contributed by atoms with Gasteiger partial charge in [-0.2, -0.15) is 8.78 Å². The standard InChI is InChI=1S/C14H13F2NOS2/c1-9-6-7-19-12(9)8-17-13(18)10-2-4-11(5-3-10)20-14(15)16/h2-7,14H,8H2,1H3,(H,17,18). The molecule has 2 rings (SSSR count). The van der Waals surface area contributed by atoms with Gasteiger partial charge in [0.15, 0.2) is 0 Å². The summed E-state index contributed by atoms with van der Waals surface area (Å²) in [5, 5.41) is 4.80. The van der Waals surface area contributed by atoms with E-state index < -0.39 is 5.76 Å². The van der Waals surface area contributed by atoms with Crippen LogP contribution in [0.2, 0.25) is 0 Å². The Bertz CT molecular complexity index is 581. The molecule has 1 heterocycles. The lowest BCUT2D eigenvalue weighted by molar-refractivity contribution is 0.0951. The van der Waals surface area contributed by atoms with E-state index in [1.165, 1.54) is 12.1 Å². The van der Waals surface area contributed by atoms with E-state index in [1.54, 1.807) is 23.5 Å². The zero-order valence-electron chi connectivity index (χ0n) is 10.7. The number of hydrogen-bond acceptors (Lipinski definition) is 3. The molecule has 1 N–H and O–H groups in total. The van der Waals surface area contributed by atoms with Gasteiger partial charge in [-0.1, -0.05) is 11.8 Å². The average molecular weight is 313 g/mol. The van der Waals surface area contributed by atoms with Crippen LogP contribution in [0.25, 0.3) is 0 Å². The first kappa shape index (κ1) is 15.0. The van der Waals surface area contributed by atoms with Crippen molar-refractivity contribution < 1.29 is 13.6 Å². The fraction of sp³-hybridized carbons (Fsp3) is 0.214. The van der Waals surface area contributed by atoms with Crippen molar-refractivity contribution in [2.45, 2.75) is 24.1 Å². The molecule has 0 atom stereocenters. The first-order valence-corrected chi connectivity index (χ1v) is 7.68. The minimum Gasteiger partial charge on any atom is -0.347 e. The number of thioether (sulfide) groups is 1. The minimum atomic E-state index is -2.45. The van der Waals surface area contributed by atoms with Gasteiger partial charge in [-0.15, -0.1) is 11.3 Å². The Morgan fingerprint density at radius 2 is 2.00 bits per heavy atom. The largest absolute Gasteiger partial charge is 0.347 e. The van der Waals surface area contributed by atoms with Crippen molar-refractivity contribution in [2.75, 3.05) is 0 Å². The summed E-state index contributed by atoms with van der Waals surface area (Å²) in [5.41, 5.74) is 1.62. The Labute approximate surface area is 124 Å². The van der Waals surface area contributed by atoms with Gasteiger partial charge in [-0.05, 0) is 48.2 Å². The molecule has 0 radical (unpaired) electrons. The number of nitrogens with one attached hydrogen (secondary N) is 1. The van der Waals surface area contributed by atoms with E-state index in [1.807, 2.05) is 18.4 Å². The van der Waals surface area contributed by atoms with Gasteiger partial charge in [0, 0.05) is 15.3 Å². The van der Waals surface area contributed by atoms with Crippen molar-refractivity contribution >= 4 is 29.0 Å². The fourth-order valence-electron chi connectivity index (χ4n) is 1.64. The van der Waals surface area contributed by atoms with Crippen molar-refractivity contribution in [3.05, 3.63) is 51.7 Å². The first-order chi connectivity index (χ1) is 9.56. The first-order valence-electron chi connectivity index (χ1n) is 5.92. The van der Waals surface area contributed by atoms with E-state index >= 15 is 0 Å². The third kappa shape index (κ3) is 4.05. The average Bonchev–Trinajstić information content (AvgIpc) is 2.82. The van der Waals surface area contributed by atoms with E-state index in [0.717, 1.165) is 10.4 Å². The van der Waals surface area contributed by atoms with Gasteiger partial charge < -0.3 is 5.32 Å². The van der Waals surface area contributed by atoms with Crippen LogP contribution in [0, 0.1) is 6.92 Å². The number of aryl methyl sites for hydroxylation is 1. The molecule has 2 nitrogen and oxygen atoms in total. The summed E-state index contributed by atoms with van der Waals surface area (Å²) in [6, 6.07) is 8.18. The fourth-order valence-corrected chi connectivity index (χ4v) is 2.98. The summed E-state index contributed by atoms with van der Waals surface area (Å²) in [6.07, 6.45) is 0. The predicted octanol–water partition coefficient (Wildman–Crippen LogP) is 4.30. The summed E-state index contributed by atoms with van der Waals surface area (Å²) in [4.78, 5) is 13.5. The third-order valence-electron chi connectivity index (χ3n) is 2.72. The van der Waals surface area contributed by atoms with E-state index in [-0.39, 0.29) is 5.91 Å². The van der Waals surface area contributed by atoms with Crippen LogP contribution in [0.1, 0.15) is 20.8 Å². The summed E-state index contributed by atoms with van der Waals surface area (Å²) < 4.78 is 24.4. The van der Waals surface area contributed by atoms with E-state index in [0.29, 0.717) is 28.8 Å². The van der Waals surface area contributed by atoms with Gasteiger partial charge in [-0.3, -0.25) is 4.79 Å². The molecule has 0 fully saturated rings. The maximum Gasteiger partial charge on any atom is 0.288 e. The van der Waals surface area contributed by atoms with Gasteiger partial charge in [0.25, 0.3) is 11.7 Å². The lowest BCUT2D eigenvalue weighted by atomic mass is 10.2. The number of halogens is 2. The summed E-state index contributed by atoms with van der Waals surface area (Å²) in [7, 11) is 0. The van der Waals surface area contributed by atoms with Crippen LogP contribution >= 0.6 is 23.1 Å². The topological polar surface area (TPSA) is 29.1 Å². The van der Waals surface area contributed by atoms with Gasteiger partial charge in [0.2, 0.25) is 0 Å². The molecular formula is C14H13F2NOS2. The van der Waals surface area contributed by atoms with Crippen molar-refractivity contribution in [1.82, 2.24) is 5.32 Å². The molecule has 6 heteroatoms. The monoisotopic (exact) mass is 313 g/mol. The number of hydrogen-bond donors (Lipinski definition) is 1. The predicted molar refractivity (Wildman–Crippen MR) is 78.5 cm³/mol. The second-order valence-electron chi connectivity index (χ2n) is 4.11. The zero-order chi connectivity index (χ0) is 14.5. The van der Waals surface area contributed by atoms with Gasteiger partial charge >= 0.3 is 0 Å². The summed E-state index contributed by atoms with van der Waals surface area (Å²) in [5.74, 6) is -2.65. The molecule has 2 aromatic rings. The van der Waals surface area contributed by atoms with E-state index in [9.17, 15) is 13.6 Å². The third-order valence-corrected chi connectivity index (χ3v) is 4.46. The number of alkyl halides is 2. The molecule has 1 amide bonds. The maximum absolute atomic E-state index is 12.2. The van der Waals surface area contributed by atoms with Crippen LogP contribution in [0.5, 0.6) is 0 Å². The Morgan fingerprint density at radius 1 is 1.30 bits per heavy atom. The van der Waals surface area contributed by atoms with Crippen molar-refractivity contribution in [3.63, 3.8) is 0 Å². The molecule has 0 aliphatic carbocycles. The number of thiophene rings is 1. The molecule has 20 heavy (non-hydrogen) atoms. The molecule has 0 saturated heterocycles. The zero-order valence-corrected chi connectivity index (χ0v) is 12.4. The molecule has 106 valence electrons. The van der Waals surface area contributed by atoms with Crippen LogP contribution < -0.4 is 5.32 Å². The number of benzene rings is 1. The van der Waals surface area contributed by atoms with Crippen molar-refractivity contribution in [3.8, 4) is 0 Å². The Hall–Kier alpha value is -1.40. The molecule has 0 aliphatic rings. The summed E-state index contributed by atoms with van der Waals surface area (Å²) in [6.45, 7) is 2.48. The van der Waals surface area contributed by atoms with Crippen LogP contribution in [-0.4, -0.2) is 11.7 Å². The van der Waals surface area contributed by atoms with Crippen molar-refractivity contribution in [2.24, 2.45) is 0 Å². The second-order valence-corrected chi connectivity index (χ2v) is 6.18. The van der Waals surface area contributed by atoms with E-state index in [2.05, 4.69) is 5.32 Å².